The molecule has 9 nitrogen and oxygen atoms in total. The molecular formula is C14H18BFN3O6S. The minimum atomic E-state index is -5.34. The molecule has 1 aliphatic rings. The van der Waals surface area contributed by atoms with Gasteiger partial charge in [0, 0.05) is 19.0 Å². The molecule has 141 valence electrons. The molecule has 2 amide bonds. The van der Waals surface area contributed by atoms with Gasteiger partial charge in [0.2, 0.25) is 5.91 Å². The van der Waals surface area contributed by atoms with Gasteiger partial charge >= 0.3 is 18.0 Å². The predicted octanol–water partition coefficient (Wildman–Crippen LogP) is -0.972. The second-order valence-corrected chi connectivity index (χ2v) is 6.59. The van der Waals surface area contributed by atoms with E-state index in [1.165, 1.54) is 17.0 Å². The number of nitrogens with one attached hydrogen (secondary N) is 1. The summed E-state index contributed by atoms with van der Waals surface area (Å²) in [6, 6.07) is 3.80. The normalized spacial score (nSPS) is 17.0. The molecule has 1 aliphatic heterocycles. The van der Waals surface area contributed by atoms with Crippen molar-refractivity contribution >= 4 is 29.8 Å². The SMILES string of the molecule is NCc1ccc(C(=O)NCC(=O)N2CCCC2[B]O)c(OS(=O)(=O)F)c1. The van der Waals surface area contributed by atoms with Crippen molar-refractivity contribution in [2.45, 2.75) is 25.3 Å². The summed E-state index contributed by atoms with van der Waals surface area (Å²) in [6.07, 6.45) is 1.36. The third kappa shape index (κ3) is 5.16. The first-order valence-corrected chi connectivity index (χ1v) is 9.08. The first-order valence-electron chi connectivity index (χ1n) is 7.77. The number of nitrogens with zero attached hydrogens (tertiary/aromatic N) is 1. The summed E-state index contributed by atoms with van der Waals surface area (Å²) in [5.74, 6) is -2.16. The Morgan fingerprint density at radius 3 is 2.81 bits per heavy atom. The third-order valence-corrected chi connectivity index (χ3v) is 4.29. The molecule has 1 heterocycles. The highest BCUT2D eigenvalue weighted by Crippen LogP contribution is 2.23. The predicted molar refractivity (Wildman–Crippen MR) is 90.0 cm³/mol. The number of hydrogen-bond acceptors (Lipinski definition) is 7. The number of rotatable bonds is 7. The van der Waals surface area contributed by atoms with Gasteiger partial charge in [-0.15, -0.1) is 0 Å². The number of amides is 2. The van der Waals surface area contributed by atoms with E-state index >= 15 is 0 Å². The lowest BCUT2D eigenvalue weighted by Crippen LogP contribution is -2.44. The van der Waals surface area contributed by atoms with Gasteiger partial charge in [0.25, 0.3) is 5.91 Å². The van der Waals surface area contributed by atoms with E-state index in [0.717, 1.165) is 20.0 Å². The van der Waals surface area contributed by atoms with Crippen LogP contribution in [0.4, 0.5) is 3.89 Å². The summed E-state index contributed by atoms with van der Waals surface area (Å²) in [7, 11) is -4.41. The highest BCUT2D eigenvalue weighted by atomic mass is 32.3. The Kier molecular flexibility index (Phi) is 6.56. The van der Waals surface area contributed by atoms with Gasteiger partial charge in [-0.05, 0) is 30.5 Å². The van der Waals surface area contributed by atoms with Crippen molar-refractivity contribution in [1.82, 2.24) is 10.2 Å². The summed E-state index contributed by atoms with van der Waals surface area (Å²) >= 11 is 0. The van der Waals surface area contributed by atoms with Gasteiger partial charge in [-0.2, -0.15) is 8.42 Å². The smallest absolute Gasteiger partial charge is 0.452 e. The first-order chi connectivity index (χ1) is 12.2. The number of hydrogen-bond donors (Lipinski definition) is 3. The van der Waals surface area contributed by atoms with Crippen LogP contribution in [0.25, 0.3) is 0 Å². The fourth-order valence-electron chi connectivity index (χ4n) is 2.67. The number of likely N-dealkylation sites (tertiary alicyclic amines) is 1. The quantitative estimate of drug-likeness (QED) is 0.405. The van der Waals surface area contributed by atoms with Crippen molar-refractivity contribution in [3.05, 3.63) is 29.3 Å². The molecule has 0 saturated carbocycles. The zero-order valence-corrected chi connectivity index (χ0v) is 14.5. The van der Waals surface area contributed by atoms with Crippen LogP contribution in [0, 0.1) is 0 Å². The molecule has 1 saturated heterocycles. The molecule has 1 atom stereocenters. The first kappa shape index (κ1) is 20.1. The van der Waals surface area contributed by atoms with Crippen molar-refractivity contribution in [2.75, 3.05) is 13.1 Å². The second kappa shape index (κ2) is 8.47. The maximum atomic E-state index is 12.9. The zero-order chi connectivity index (χ0) is 19.3. The molecule has 4 N–H and O–H groups in total. The molecule has 1 aromatic carbocycles. The fourth-order valence-corrected chi connectivity index (χ4v) is 3.02. The minimum absolute atomic E-state index is 0.0249. The Hall–Kier alpha value is -2.18. The molecular weight excluding hydrogens is 368 g/mol. The number of benzene rings is 1. The van der Waals surface area contributed by atoms with Gasteiger partial charge in [-0.25, -0.2) is 0 Å². The second-order valence-electron chi connectivity index (χ2n) is 5.64. The van der Waals surface area contributed by atoms with Crippen LogP contribution in [-0.4, -0.2) is 56.7 Å². The largest absolute Gasteiger partial charge is 0.488 e. The summed E-state index contributed by atoms with van der Waals surface area (Å²) in [5, 5.41) is 11.4. The highest BCUT2D eigenvalue weighted by Gasteiger charge is 2.29. The van der Waals surface area contributed by atoms with E-state index in [1.54, 1.807) is 0 Å². The van der Waals surface area contributed by atoms with Gasteiger partial charge in [0.15, 0.2) is 5.75 Å². The average molecular weight is 386 g/mol. The van der Waals surface area contributed by atoms with Crippen LogP contribution >= 0.6 is 0 Å². The number of nitrogens with two attached hydrogens (primary N) is 1. The molecule has 1 aromatic rings. The third-order valence-electron chi connectivity index (χ3n) is 3.91. The van der Waals surface area contributed by atoms with Crippen LogP contribution in [0.5, 0.6) is 5.75 Å². The van der Waals surface area contributed by atoms with Crippen LogP contribution in [0.15, 0.2) is 18.2 Å². The zero-order valence-electron chi connectivity index (χ0n) is 13.7. The maximum Gasteiger partial charge on any atom is 0.488 e. The van der Waals surface area contributed by atoms with Crippen LogP contribution in [0.2, 0.25) is 0 Å². The van der Waals surface area contributed by atoms with Crippen molar-refractivity contribution in [2.24, 2.45) is 5.73 Å². The van der Waals surface area contributed by atoms with E-state index in [2.05, 4.69) is 9.50 Å². The standard InChI is InChI=1S/C14H18BFN3O6S/c16-26(23,24)25-11-6-9(7-17)3-4-10(11)14(21)18-8-13(20)19-5-1-2-12(19)15-22/h3-4,6,12,22H,1-2,5,7-8,17H2,(H,18,21). The Morgan fingerprint density at radius 2 is 2.19 bits per heavy atom. The van der Waals surface area contributed by atoms with Gasteiger partial charge in [-0.1, -0.05) is 9.95 Å². The van der Waals surface area contributed by atoms with Crippen LogP contribution in [0.3, 0.4) is 0 Å². The van der Waals surface area contributed by atoms with E-state index in [1.807, 2.05) is 0 Å². The number of carbonyl (C=O) groups excluding carboxylic acids is 2. The minimum Gasteiger partial charge on any atom is -0.452 e. The molecule has 0 spiro atoms. The molecule has 1 unspecified atom stereocenters. The van der Waals surface area contributed by atoms with Gasteiger partial charge in [0.1, 0.15) is 0 Å². The maximum absolute atomic E-state index is 12.9. The Labute approximate surface area is 151 Å². The Morgan fingerprint density at radius 1 is 1.46 bits per heavy atom. The van der Waals surface area contributed by atoms with E-state index in [0.29, 0.717) is 18.5 Å². The molecule has 0 aromatic heterocycles. The van der Waals surface area contributed by atoms with Gasteiger partial charge < -0.3 is 25.2 Å². The number of halogens is 1. The van der Waals surface area contributed by atoms with Crippen molar-refractivity contribution < 1.29 is 31.1 Å². The van der Waals surface area contributed by atoms with Crippen molar-refractivity contribution in [3.8, 4) is 5.75 Å². The molecule has 0 bridgehead atoms. The Bertz CT molecular complexity index is 791. The Balaban J connectivity index is 2.10. The fraction of sp³-hybridized carbons (Fsp3) is 0.429. The molecule has 2 rings (SSSR count). The van der Waals surface area contributed by atoms with E-state index in [-0.39, 0.29) is 18.7 Å². The van der Waals surface area contributed by atoms with E-state index in [4.69, 9.17) is 10.8 Å². The monoisotopic (exact) mass is 386 g/mol. The lowest BCUT2D eigenvalue weighted by molar-refractivity contribution is -0.129. The molecule has 12 heteroatoms. The van der Waals surface area contributed by atoms with Gasteiger partial charge in [0.05, 0.1) is 12.1 Å². The highest BCUT2D eigenvalue weighted by molar-refractivity contribution is 7.81. The average Bonchev–Trinajstić information content (AvgIpc) is 3.06. The molecule has 1 radical (unpaired) electrons. The topological polar surface area (TPSA) is 139 Å². The summed E-state index contributed by atoms with van der Waals surface area (Å²) in [5.41, 5.74) is 5.59. The molecule has 1 fully saturated rings. The van der Waals surface area contributed by atoms with Crippen LogP contribution in [0.1, 0.15) is 28.8 Å². The van der Waals surface area contributed by atoms with E-state index < -0.39 is 34.0 Å². The summed E-state index contributed by atoms with van der Waals surface area (Å²) < 4.78 is 38.5. The van der Waals surface area contributed by atoms with Crippen LogP contribution in [-0.2, 0) is 21.8 Å². The summed E-state index contributed by atoms with van der Waals surface area (Å²) in [6.45, 7) is 0.108. The van der Waals surface area contributed by atoms with Crippen LogP contribution < -0.4 is 15.2 Å². The van der Waals surface area contributed by atoms with Crippen molar-refractivity contribution in [1.29, 1.82) is 0 Å². The number of carbonyl (C=O) groups is 2. The lowest BCUT2D eigenvalue weighted by atomic mass is 9.86. The van der Waals surface area contributed by atoms with Gasteiger partial charge in [-0.3, -0.25) is 9.59 Å². The molecule has 26 heavy (non-hydrogen) atoms. The lowest BCUT2D eigenvalue weighted by Gasteiger charge is -2.22. The van der Waals surface area contributed by atoms with Crippen molar-refractivity contribution in [3.63, 3.8) is 0 Å². The summed E-state index contributed by atoms with van der Waals surface area (Å²) in [4.78, 5) is 25.8. The molecule has 0 aliphatic carbocycles. The van der Waals surface area contributed by atoms with E-state index in [9.17, 15) is 21.9 Å².